The molecule has 0 saturated heterocycles. The van der Waals surface area contributed by atoms with E-state index in [4.69, 9.17) is 17.3 Å². The van der Waals surface area contributed by atoms with Crippen molar-refractivity contribution < 1.29 is 4.79 Å². The first-order chi connectivity index (χ1) is 8.04. The van der Waals surface area contributed by atoms with E-state index in [0.29, 0.717) is 17.3 Å². The van der Waals surface area contributed by atoms with Crippen molar-refractivity contribution in [3.8, 4) is 0 Å². The fraction of sp³-hybridized carbons (Fsp3) is 0.500. The van der Waals surface area contributed by atoms with Gasteiger partial charge in [0.2, 0.25) is 5.91 Å². The minimum Gasteiger partial charge on any atom is -0.323 e. The van der Waals surface area contributed by atoms with Gasteiger partial charge in [0.15, 0.2) is 0 Å². The number of aromatic nitrogens is 1. The number of nitrogens with one attached hydrogen (secondary N) is 1. The number of rotatable bonds is 5. The predicted octanol–water partition coefficient (Wildman–Crippen LogP) is 2.50. The maximum Gasteiger partial charge on any atom is 0.241 e. The number of pyridine rings is 1. The molecule has 1 aromatic heterocycles. The van der Waals surface area contributed by atoms with Gasteiger partial charge >= 0.3 is 0 Å². The summed E-state index contributed by atoms with van der Waals surface area (Å²) >= 11 is 5.80. The molecule has 1 unspecified atom stereocenters. The van der Waals surface area contributed by atoms with E-state index in [1.165, 1.54) is 6.20 Å². The predicted molar refractivity (Wildman–Crippen MR) is 70.1 cm³/mol. The highest BCUT2D eigenvalue weighted by Gasteiger charge is 2.13. The molecule has 0 spiro atoms. The minimum absolute atomic E-state index is 0.179. The van der Waals surface area contributed by atoms with E-state index >= 15 is 0 Å². The molecule has 3 N–H and O–H groups in total. The van der Waals surface area contributed by atoms with Crippen LogP contribution in [0.5, 0.6) is 0 Å². The number of hydrogen-bond acceptors (Lipinski definition) is 3. The average molecular weight is 256 g/mol. The van der Waals surface area contributed by atoms with E-state index in [1.807, 2.05) is 6.92 Å². The van der Waals surface area contributed by atoms with Crippen LogP contribution in [-0.2, 0) is 4.79 Å². The Labute approximate surface area is 107 Å². The van der Waals surface area contributed by atoms with Crippen LogP contribution in [-0.4, -0.2) is 16.9 Å². The van der Waals surface area contributed by atoms with E-state index < -0.39 is 6.04 Å². The molecule has 17 heavy (non-hydrogen) atoms. The van der Waals surface area contributed by atoms with E-state index in [0.717, 1.165) is 18.4 Å². The highest BCUT2D eigenvalue weighted by Crippen LogP contribution is 2.16. The zero-order chi connectivity index (χ0) is 12.8. The summed E-state index contributed by atoms with van der Waals surface area (Å²) in [5.74, 6) is -0.179. The lowest BCUT2D eigenvalue weighted by atomic mass is 10.1. The SMILES string of the molecule is CCCCC(N)C(=O)Nc1cnc(Cl)c(C)c1. The second kappa shape index (κ2) is 6.57. The van der Waals surface area contributed by atoms with Crippen molar-refractivity contribution in [2.75, 3.05) is 5.32 Å². The summed E-state index contributed by atoms with van der Waals surface area (Å²) in [6, 6.07) is 1.31. The molecule has 0 aliphatic heterocycles. The van der Waals surface area contributed by atoms with Crippen LogP contribution in [0.25, 0.3) is 0 Å². The molecule has 0 fully saturated rings. The number of anilines is 1. The highest BCUT2D eigenvalue weighted by molar-refractivity contribution is 6.30. The summed E-state index contributed by atoms with van der Waals surface area (Å²) in [5.41, 5.74) is 7.21. The molecular weight excluding hydrogens is 238 g/mol. The minimum atomic E-state index is -0.467. The molecule has 1 heterocycles. The van der Waals surface area contributed by atoms with Crippen LogP contribution in [0, 0.1) is 6.92 Å². The molecule has 0 aromatic carbocycles. The number of hydrogen-bond donors (Lipinski definition) is 2. The lowest BCUT2D eigenvalue weighted by Gasteiger charge is -2.12. The van der Waals surface area contributed by atoms with Crippen molar-refractivity contribution in [3.05, 3.63) is 23.0 Å². The zero-order valence-electron chi connectivity index (χ0n) is 10.2. The molecule has 0 radical (unpaired) electrons. The standard InChI is InChI=1S/C12H18ClN3O/c1-3-4-5-10(14)12(17)16-9-6-8(2)11(13)15-7-9/h6-7,10H,3-5,14H2,1-2H3,(H,16,17). The number of unbranched alkanes of at least 4 members (excludes halogenated alkanes) is 1. The first-order valence-corrected chi connectivity index (χ1v) is 6.11. The molecule has 1 amide bonds. The molecule has 1 aromatic rings. The van der Waals surface area contributed by atoms with Crippen LogP contribution in [0.4, 0.5) is 5.69 Å². The number of aryl methyl sites for hydroxylation is 1. The Kier molecular flexibility index (Phi) is 5.38. The second-order valence-electron chi connectivity index (χ2n) is 4.07. The maximum absolute atomic E-state index is 11.7. The van der Waals surface area contributed by atoms with Gasteiger partial charge in [0.25, 0.3) is 0 Å². The lowest BCUT2D eigenvalue weighted by Crippen LogP contribution is -2.35. The van der Waals surface area contributed by atoms with E-state index in [1.54, 1.807) is 6.07 Å². The molecule has 94 valence electrons. The third-order valence-corrected chi connectivity index (χ3v) is 2.88. The highest BCUT2D eigenvalue weighted by atomic mass is 35.5. The normalized spacial score (nSPS) is 12.2. The molecule has 0 bridgehead atoms. The van der Waals surface area contributed by atoms with Crippen molar-refractivity contribution in [1.29, 1.82) is 0 Å². The average Bonchev–Trinajstić information content (AvgIpc) is 2.30. The second-order valence-corrected chi connectivity index (χ2v) is 4.43. The molecule has 0 aliphatic rings. The molecule has 1 rings (SSSR count). The van der Waals surface area contributed by atoms with Gasteiger partial charge in [0.1, 0.15) is 5.15 Å². The molecule has 0 saturated carbocycles. The van der Waals surface area contributed by atoms with Gasteiger partial charge in [-0.3, -0.25) is 4.79 Å². The van der Waals surface area contributed by atoms with Gasteiger partial charge < -0.3 is 11.1 Å². The molecule has 4 nitrogen and oxygen atoms in total. The van der Waals surface area contributed by atoms with Crippen LogP contribution in [0.3, 0.4) is 0 Å². The number of nitrogens with two attached hydrogens (primary N) is 1. The monoisotopic (exact) mass is 255 g/mol. The summed E-state index contributed by atoms with van der Waals surface area (Å²) in [6.45, 7) is 3.90. The Morgan fingerprint density at radius 3 is 2.94 bits per heavy atom. The Bertz CT molecular complexity index is 395. The Balaban J connectivity index is 2.58. The number of carbonyl (C=O) groups is 1. The molecule has 5 heteroatoms. The zero-order valence-corrected chi connectivity index (χ0v) is 10.9. The van der Waals surface area contributed by atoms with Gasteiger partial charge in [-0.25, -0.2) is 4.98 Å². The largest absolute Gasteiger partial charge is 0.323 e. The molecule has 0 aliphatic carbocycles. The number of amides is 1. The summed E-state index contributed by atoms with van der Waals surface area (Å²) in [5, 5.41) is 3.18. The van der Waals surface area contributed by atoms with Crippen LogP contribution in [0.1, 0.15) is 31.7 Å². The summed E-state index contributed by atoms with van der Waals surface area (Å²) in [4.78, 5) is 15.7. The summed E-state index contributed by atoms with van der Waals surface area (Å²) in [7, 11) is 0. The molecular formula is C12H18ClN3O. The Hall–Kier alpha value is -1.13. The lowest BCUT2D eigenvalue weighted by molar-refractivity contribution is -0.117. The number of carbonyl (C=O) groups excluding carboxylic acids is 1. The van der Waals surface area contributed by atoms with E-state index in [2.05, 4.69) is 17.2 Å². The van der Waals surface area contributed by atoms with Gasteiger partial charge in [-0.05, 0) is 25.0 Å². The van der Waals surface area contributed by atoms with Crippen molar-refractivity contribution in [2.45, 2.75) is 39.2 Å². The van der Waals surface area contributed by atoms with Crippen molar-refractivity contribution in [1.82, 2.24) is 4.98 Å². The number of nitrogens with zero attached hydrogens (tertiary/aromatic N) is 1. The fourth-order valence-electron chi connectivity index (χ4n) is 1.42. The summed E-state index contributed by atoms with van der Waals surface area (Å²) < 4.78 is 0. The van der Waals surface area contributed by atoms with Gasteiger partial charge in [0.05, 0.1) is 17.9 Å². The Morgan fingerprint density at radius 1 is 1.65 bits per heavy atom. The third-order valence-electron chi connectivity index (χ3n) is 2.49. The van der Waals surface area contributed by atoms with Gasteiger partial charge in [-0.1, -0.05) is 31.4 Å². The third kappa shape index (κ3) is 4.32. The molecule has 1 atom stereocenters. The van der Waals surface area contributed by atoms with Crippen molar-refractivity contribution >= 4 is 23.2 Å². The van der Waals surface area contributed by atoms with Gasteiger partial charge in [0, 0.05) is 0 Å². The van der Waals surface area contributed by atoms with Crippen LogP contribution in [0.15, 0.2) is 12.3 Å². The quantitative estimate of drug-likeness (QED) is 0.795. The first-order valence-electron chi connectivity index (χ1n) is 5.73. The summed E-state index contributed by atoms with van der Waals surface area (Å²) in [6.07, 6.45) is 4.21. The van der Waals surface area contributed by atoms with E-state index in [-0.39, 0.29) is 5.91 Å². The topological polar surface area (TPSA) is 68.0 Å². The van der Waals surface area contributed by atoms with E-state index in [9.17, 15) is 4.79 Å². The number of halogens is 1. The van der Waals surface area contributed by atoms with Crippen molar-refractivity contribution in [3.63, 3.8) is 0 Å². The van der Waals surface area contributed by atoms with Crippen molar-refractivity contribution in [2.24, 2.45) is 5.73 Å². The fourth-order valence-corrected chi connectivity index (χ4v) is 1.52. The van der Waals surface area contributed by atoms with Gasteiger partial charge in [-0.15, -0.1) is 0 Å². The van der Waals surface area contributed by atoms with Crippen LogP contribution in [0.2, 0.25) is 5.15 Å². The maximum atomic E-state index is 11.7. The first kappa shape index (κ1) is 13.9. The Morgan fingerprint density at radius 2 is 2.35 bits per heavy atom. The van der Waals surface area contributed by atoms with Crippen LogP contribution < -0.4 is 11.1 Å². The smallest absolute Gasteiger partial charge is 0.241 e. The van der Waals surface area contributed by atoms with Crippen LogP contribution >= 0.6 is 11.6 Å². The van der Waals surface area contributed by atoms with Gasteiger partial charge in [-0.2, -0.15) is 0 Å².